The van der Waals surface area contributed by atoms with E-state index in [0.29, 0.717) is 6.61 Å². The Morgan fingerprint density at radius 1 is 0.824 bits per heavy atom. The molecule has 0 saturated carbocycles. The maximum atomic E-state index is 5.85. The Hall–Kier alpha value is -0.200. The van der Waals surface area contributed by atoms with Crippen molar-refractivity contribution >= 4 is 0 Å². The molecular formula is C12H20O5. The van der Waals surface area contributed by atoms with Gasteiger partial charge in [0.05, 0.1) is 12.7 Å². The van der Waals surface area contributed by atoms with Crippen molar-refractivity contribution in [3.05, 3.63) is 0 Å². The summed E-state index contributed by atoms with van der Waals surface area (Å²) in [6.07, 6.45) is 0.538. The standard InChI is InChI=1S/C12H20O5/c1-11(2)13-6-9(16-11)7-5-8-10(14-7)17-12(3,4)15-8/h7-10H,5-6H2,1-4H3/t7-,8-,9+,10-/m1/s1. The monoisotopic (exact) mass is 244 g/mol. The zero-order valence-corrected chi connectivity index (χ0v) is 10.8. The quantitative estimate of drug-likeness (QED) is 0.697. The van der Waals surface area contributed by atoms with Crippen LogP contribution in [-0.2, 0) is 23.7 Å². The molecule has 0 unspecified atom stereocenters. The van der Waals surface area contributed by atoms with Gasteiger partial charge in [0.1, 0.15) is 12.2 Å². The van der Waals surface area contributed by atoms with Crippen LogP contribution in [0, 0.1) is 0 Å². The molecule has 0 aromatic heterocycles. The third-order valence-electron chi connectivity index (χ3n) is 3.36. The van der Waals surface area contributed by atoms with Gasteiger partial charge in [-0.1, -0.05) is 0 Å². The van der Waals surface area contributed by atoms with Crippen LogP contribution in [0.25, 0.3) is 0 Å². The summed E-state index contributed by atoms with van der Waals surface area (Å²) in [6.45, 7) is 8.21. The molecule has 0 N–H and O–H groups in total. The minimum Gasteiger partial charge on any atom is -0.348 e. The zero-order chi connectivity index (χ0) is 12.3. The van der Waals surface area contributed by atoms with Crippen LogP contribution in [0.3, 0.4) is 0 Å². The first-order valence-electron chi connectivity index (χ1n) is 6.18. The lowest BCUT2D eigenvalue weighted by Crippen LogP contribution is -2.33. The molecule has 3 heterocycles. The fourth-order valence-electron chi connectivity index (χ4n) is 2.67. The van der Waals surface area contributed by atoms with Gasteiger partial charge in [0.25, 0.3) is 0 Å². The van der Waals surface area contributed by atoms with Gasteiger partial charge in [-0.05, 0) is 27.7 Å². The van der Waals surface area contributed by atoms with Crippen LogP contribution in [0.15, 0.2) is 0 Å². The Morgan fingerprint density at radius 2 is 1.53 bits per heavy atom. The lowest BCUT2D eigenvalue weighted by atomic mass is 10.1. The summed E-state index contributed by atoms with van der Waals surface area (Å²) in [5.74, 6) is -1.04. The first kappa shape index (κ1) is 11.9. The van der Waals surface area contributed by atoms with Crippen LogP contribution in [0.4, 0.5) is 0 Å². The van der Waals surface area contributed by atoms with Gasteiger partial charge in [-0.2, -0.15) is 0 Å². The van der Waals surface area contributed by atoms with Crippen LogP contribution in [-0.4, -0.2) is 42.8 Å². The Labute approximate surface area is 101 Å². The molecule has 3 fully saturated rings. The first-order chi connectivity index (χ1) is 7.85. The van der Waals surface area contributed by atoms with E-state index in [1.54, 1.807) is 0 Å². The molecule has 3 aliphatic heterocycles. The molecule has 5 nitrogen and oxygen atoms in total. The van der Waals surface area contributed by atoms with Crippen LogP contribution >= 0.6 is 0 Å². The smallest absolute Gasteiger partial charge is 0.187 e. The summed E-state index contributed by atoms with van der Waals surface area (Å²) in [5, 5.41) is 0. The maximum Gasteiger partial charge on any atom is 0.187 e. The average Bonchev–Trinajstić information content (AvgIpc) is 2.75. The third-order valence-corrected chi connectivity index (χ3v) is 3.36. The highest BCUT2D eigenvalue weighted by Crippen LogP contribution is 2.40. The topological polar surface area (TPSA) is 46.2 Å². The van der Waals surface area contributed by atoms with Gasteiger partial charge in [-0.3, -0.25) is 0 Å². The Bertz CT molecular complexity index is 298. The lowest BCUT2D eigenvalue weighted by molar-refractivity contribution is -0.220. The summed E-state index contributed by atoms with van der Waals surface area (Å²) in [7, 11) is 0. The van der Waals surface area contributed by atoms with Gasteiger partial charge in [0.2, 0.25) is 0 Å². The molecule has 0 aromatic rings. The molecule has 4 atom stereocenters. The summed E-state index contributed by atoms with van der Waals surface area (Å²) in [5.41, 5.74) is 0. The van der Waals surface area contributed by atoms with E-state index in [1.807, 2.05) is 27.7 Å². The van der Waals surface area contributed by atoms with E-state index in [9.17, 15) is 0 Å². The normalized spacial score (nSPS) is 47.3. The minimum atomic E-state index is -0.535. The molecule has 0 spiro atoms. The van der Waals surface area contributed by atoms with Gasteiger partial charge >= 0.3 is 0 Å². The second-order valence-corrected chi connectivity index (χ2v) is 5.82. The van der Waals surface area contributed by atoms with Crippen molar-refractivity contribution in [3.63, 3.8) is 0 Å². The van der Waals surface area contributed by atoms with Crippen molar-refractivity contribution < 1.29 is 23.7 Å². The second kappa shape index (κ2) is 3.65. The zero-order valence-electron chi connectivity index (χ0n) is 10.8. The van der Waals surface area contributed by atoms with E-state index >= 15 is 0 Å². The highest BCUT2D eigenvalue weighted by atomic mass is 16.8. The van der Waals surface area contributed by atoms with Crippen molar-refractivity contribution in [1.29, 1.82) is 0 Å². The van der Waals surface area contributed by atoms with Crippen LogP contribution in [0.5, 0.6) is 0 Å². The Kier molecular flexibility index (Phi) is 2.55. The van der Waals surface area contributed by atoms with E-state index in [4.69, 9.17) is 23.7 Å². The van der Waals surface area contributed by atoms with Crippen molar-refractivity contribution in [2.45, 2.75) is 70.3 Å². The highest BCUT2D eigenvalue weighted by molar-refractivity contribution is 4.90. The molecule has 3 aliphatic rings. The van der Waals surface area contributed by atoms with Gasteiger partial charge in [-0.25, -0.2) is 0 Å². The van der Waals surface area contributed by atoms with E-state index in [2.05, 4.69) is 0 Å². The first-order valence-corrected chi connectivity index (χ1v) is 6.18. The van der Waals surface area contributed by atoms with Crippen LogP contribution < -0.4 is 0 Å². The SMILES string of the molecule is CC1(C)OC[C@@H]([C@H]2C[C@H]3OC(C)(C)O[C@H]3O2)O1. The number of rotatable bonds is 1. The highest BCUT2D eigenvalue weighted by Gasteiger charge is 2.52. The van der Waals surface area contributed by atoms with Gasteiger partial charge in [0, 0.05) is 6.42 Å². The van der Waals surface area contributed by atoms with Crippen molar-refractivity contribution in [2.24, 2.45) is 0 Å². The number of hydrogen-bond donors (Lipinski definition) is 0. The fourth-order valence-corrected chi connectivity index (χ4v) is 2.67. The maximum absolute atomic E-state index is 5.85. The molecule has 3 rings (SSSR count). The van der Waals surface area contributed by atoms with Gasteiger partial charge in [-0.15, -0.1) is 0 Å². The molecule has 0 amide bonds. The summed E-state index contributed by atoms with van der Waals surface area (Å²) >= 11 is 0. The average molecular weight is 244 g/mol. The Balaban J connectivity index is 1.60. The van der Waals surface area contributed by atoms with E-state index < -0.39 is 11.6 Å². The predicted molar refractivity (Wildman–Crippen MR) is 58.2 cm³/mol. The summed E-state index contributed by atoms with van der Waals surface area (Å²) in [6, 6.07) is 0. The van der Waals surface area contributed by atoms with E-state index in [0.717, 1.165) is 6.42 Å². The number of hydrogen-bond acceptors (Lipinski definition) is 5. The summed E-state index contributed by atoms with van der Waals surface area (Å²) < 4.78 is 28.6. The lowest BCUT2D eigenvalue weighted by Gasteiger charge is -2.23. The van der Waals surface area contributed by atoms with Crippen LogP contribution in [0.2, 0.25) is 0 Å². The third kappa shape index (κ3) is 2.22. The number of fused-ring (bicyclic) bond motifs is 1. The molecule has 0 radical (unpaired) electrons. The molecule has 0 aromatic carbocycles. The van der Waals surface area contributed by atoms with Gasteiger partial charge in [0.15, 0.2) is 17.9 Å². The molecule has 0 aliphatic carbocycles. The molecule has 5 heteroatoms. The van der Waals surface area contributed by atoms with Crippen molar-refractivity contribution in [2.75, 3.05) is 6.61 Å². The van der Waals surface area contributed by atoms with E-state index in [-0.39, 0.29) is 24.6 Å². The van der Waals surface area contributed by atoms with Gasteiger partial charge < -0.3 is 23.7 Å². The van der Waals surface area contributed by atoms with E-state index in [1.165, 1.54) is 0 Å². The summed E-state index contributed by atoms with van der Waals surface area (Å²) in [4.78, 5) is 0. The minimum absolute atomic E-state index is 0.00266. The van der Waals surface area contributed by atoms with Crippen molar-refractivity contribution in [1.82, 2.24) is 0 Å². The number of ether oxygens (including phenoxy) is 5. The second-order valence-electron chi connectivity index (χ2n) is 5.82. The largest absolute Gasteiger partial charge is 0.348 e. The fraction of sp³-hybridized carbons (Fsp3) is 1.00. The van der Waals surface area contributed by atoms with Crippen LogP contribution in [0.1, 0.15) is 34.1 Å². The molecule has 17 heavy (non-hydrogen) atoms. The predicted octanol–water partition coefficient (Wildman–Crippen LogP) is 1.40. The molecule has 3 saturated heterocycles. The Morgan fingerprint density at radius 3 is 2.12 bits per heavy atom. The molecular weight excluding hydrogens is 224 g/mol. The molecule has 98 valence electrons. The molecule has 0 bridgehead atoms. The van der Waals surface area contributed by atoms with Crippen molar-refractivity contribution in [3.8, 4) is 0 Å².